The van der Waals surface area contributed by atoms with E-state index in [1.807, 2.05) is 0 Å². The maximum absolute atomic E-state index is 5.96. The first-order valence-electron chi connectivity index (χ1n) is 10.5. The number of ether oxygens (including phenoxy) is 2. The standard InChI is InChI=1S/C25H36N2O2/c1-17-14-23(28-7)22(25(2,3)4)16-21(17)24-20-9-8-19(29-13-12-27(5)6)15-18(20)10-11-26-24/h8-9,14-16,24,26H,10-13H2,1-7H3. The predicted molar refractivity (Wildman–Crippen MR) is 120 cm³/mol. The Bertz CT molecular complexity index is 853. The van der Waals surface area contributed by atoms with Crippen molar-refractivity contribution < 1.29 is 9.47 Å². The molecule has 0 saturated heterocycles. The van der Waals surface area contributed by atoms with Gasteiger partial charge >= 0.3 is 0 Å². The van der Waals surface area contributed by atoms with Crippen molar-refractivity contribution in [2.45, 2.75) is 45.6 Å². The maximum atomic E-state index is 5.96. The molecule has 0 saturated carbocycles. The van der Waals surface area contributed by atoms with Crippen LogP contribution in [0.15, 0.2) is 30.3 Å². The summed E-state index contributed by atoms with van der Waals surface area (Å²) < 4.78 is 11.7. The fraction of sp³-hybridized carbons (Fsp3) is 0.520. The van der Waals surface area contributed by atoms with Crippen molar-refractivity contribution in [3.05, 3.63) is 58.1 Å². The number of fused-ring (bicyclic) bond motifs is 1. The lowest BCUT2D eigenvalue weighted by atomic mass is 9.81. The summed E-state index contributed by atoms with van der Waals surface area (Å²) in [5.74, 6) is 1.94. The zero-order valence-electron chi connectivity index (χ0n) is 19.1. The Kier molecular flexibility index (Phi) is 6.55. The lowest BCUT2D eigenvalue weighted by Crippen LogP contribution is -2.31. The molecule has 0 amide bonds. The third-order valence-corrected chi connectivity index (χ3v) is 5.68. The van der Waals surface area contributed by atoms with Gasteiger partial charge in [0.1, 0.15) is 18.1 Å². The van der Waals surface area contributed by atoms with Crippen molar-refractivity contribution in [3.8, 4) is 11.5 Å². The van der Waals surface area contributed by atoms with Crippen LogP contribution in [0.3, 0.4) is 0 Å². The van der Waals surface area contributed by atoms with Crippen LogP contribution >= 0.6 is 0 Å². The van der Waals surface area contributed by atoms with Crippen LogP contribution in [0.25, 0.3) is 0 Å². The molecule has 1 aliphatic heterocycles. The average Bonchev–Trinajstić information content (AvgIpc) is 2.66. The fourth-order valence-corrected chi connectivity index (χ4v) is 4.02. The number of rotatable bonds is 6. The molecule has 1 aliphatic rings. The van der Waals surface area contributed by atoms with E-state index in [-0.39, 0.29) is 11.5 Å². The molecule has 1 N–H and O–H groups in total. The fourth-order valence-electron chi connectivity index (χ4n) is 4.02. The second-order valence-electron chi connectivity index (χ2n) is 9.31. The second-order valence-corrected chi connectivity index (χ2v) is 9.31. The van der Waals surface area contributed by atoms with Crippen molar-refractivity contribution >= 4 is 0 Å². The van der Waals surface area contributed by atoms with E-state index in [2.05, 4.69) is 82.3 Å². The lowest BCUT2D eigenvalue weighted by molar-refractivity contribution is 0.261. The SMILES string of the molecule is COc1cc(C)c(C2NCCc3cc(OCCN(C)C)ccc32)cc1C(C)(C)C. The molecular weight excluding hydrogens is 360 g/mol. The van der Waals surface area contributed by atoms with Gasteiger partial charge in [-0.05, 0) is 84.9 Å². The Morgan fingerprint density at radius 2 is 1.86 bits per heavy atom. The molecule has 0 aromatic heterocycles. The summed E-state index contributed by atoms with van der Waals surface area (Å²) in [6, 6.07) is 11.3. The number of aryl methyl sites for hydroxylation is 1. The molecule has 1 atom stereocenters. The third kappa shape index (κ3) is 4.93. The van der Waals surface area contributed by atoms with E-state index >= 15 is 0 Å². The summed E-state index contributed by atoms with van der Waals surface area (Å²) in [6.07, 6.45) is 1.03. The van der Waals surface area contributed by atoms with Gasteiger partial charge < -0.3 is 19.7 Å². The third-order valence-electron chi connectivity index (χ3n) is 5.68. The molecule has 0 bridgehead atoms. The Hall–Kier alpha value is -2.04. The van der Waals surface area contributed by atoms with E-state index in [9.17, 15) is 0 Å². The highest BCUT2D eigenvalue weighted by Crippen LogP contribution is 2.39. The molecule has 29 heavy (non-hydrogen) atoms. The molecule has 158 valence electrons. The summed E-state index contributed by atoms with van der Waals surface area (Å²) in [5.41, 5.74) is 6.59. The normalized spacial score (nSPS) is 16.6. The topological polar surface area (TPSA) is 33.7 Å². The number of methoxy groups -OCH3 is 1. The largest absolute Gasteiger partial charge is 0.496 e. The molecule has 3 rings (SSSR count). The van der Waals surface area contributed by atoms with Gasteiger partial charge in [0.15, 0.2) is 0 Å². The van der Waals surface area contributed by atoms with E-state index in [0.29, 0.717) is 6.61 Å². The summed E-state index contributed by atoms with van der Waals surface area (Å²) in [4.78, 5) is 2.14. The summed E-state index contributed by atoms with van der Waals surface area (Å²) in [7, 11) is 5.89. The van der Waals surface area contributed by atoms with Crippen LogP contribution in [-0.4, -0.2) is 45.8 Å². The number of hydrogen-bond acceptors (Lipinski definition) is 4. The summed E-state index contributed by atoms with van der Waals surface area (Å²) in [6.45, 7) is 11.5. The predicted octanol–water partition coefficient (Wildman–Crippen LogP) is 4.48. The van der Waals surface area contributed by atoms with Gasteiger partial charge in [0, 0.05) is 13.1 Å². The first-order valence-corrected chi connectivity index (χ1v) is 10.5. The van der Waals surface area contributed by atoms with Crippen LogP contribution in [0.4, 0.5) is 0 Å². The number of hydrogen-bond donors (Lipinski definition) is 1. The van der Waals surface area contributed by atoms with Gasteiger partial charge in [0.2, 0.25) is 0 Å². The van der Waals surface area contributed by atoms with Gasteiger partial charge in [-0.25, -0.2) is 0 Å². The van der Waals surface area contributed by atoms with Gasteiger partial charge in [0.05, 0.1) is 13.2 Å². The van der Waals surface area contributed by atoms with Crippen LogP contribution in [0.1, 0.15) is 54.6 Å². The minimum atomic E-state index is 0.0232. The number of nitrogens with one attached hydrogen (secondary N) is 1. The average molecular weight is 397 g/mol. The summed E-state index contributed by atoms with van der Waals surface area (Å²) >= 11 is 0. The Morgan fingerprint density at radius 3 is 2.52 bits per heavy atom. The van der Waals surface area contributed by atoms with Gasteiger partial charge in [-0.3, -0.25) is 0 Å². The van der Waals surface area contributed by atoms with Crippen molar-refractivity contribution in [1.82, 2.24) is 10.2 Å². The number of likely N-dealkylation sites (N-methyl/N-ethyl adjacent to an activating group) is 1. The minimum absolute atomic E-state index is 0.0232. The first-order chi connectivity index (χ1) is 13.7. The highest BCUT2D eigenvalue weighted by molar-refractivity contribution is 5.51. The van der Waals surface area contributed by atoms with Crippen LogP contribution < -0.4 is 14.8 Å². The molecule has 1 unspecified atom stereocenters. The smallest absolute Gasteiger partial charge is 0.122 e. The van der Waals surface area contributed by atoms with Crippen molar-refractivity contribution in [3.63, 3.8) is 0 Å². The second kappa shape index (κ2) is 8.76. The van der Waals surface area contributed by atoms with Crippen molar-refractivity contribution in [1.29, 1.82) is 0 Å². The monoisotopic (exact) mass is 396 g/mol. The quantitative estimate of drug-likeness (QED) is 0.781. The highest BCUT2D eigenvalue weighted by atomic mass is 16.5. The van der Waals surface area contributed by atoms with Crippen LogP contribution in [0.2, 0.25) is 0 Å². The molecule has 0 fully saturated rings. The molecule has 4 heteroatoms. The first kappa shape index (κ1) is 21.7. The molecule has 0 radical (unpaired) electrons. The van der Waals surface area contributed by atoms with Gasteiger partial charge in [-0.15, -0.1) is 0 Å². The molecule has 1 heterocycles. The van der Waals surface area contributed by atoms with Crippen LogP contribution in [0.5, 0.6) is 11.5 Å². The van der Waals surface area contributed by atoms with Crippen molar-refractivity contribution in [2.24, 2.45) is 0 Å². The minimum Gasteiger partial charge on any atom is -0.496 e. The van der Waals surface area contributed by atoms with Crippen molar-refractivity contribution in [2.75, 3.05) is 40.9 Å². The maximum Gasteiger partial charge on any atom is 0.122 e. The van der Waals surface area contributed by atoms with E-state index in [0.717, 1.165) is 31.0 Å². The molecule has 0 spiro atoms. The molecular formula is C25H36N2O2. The van der Waals surface area contributed by atoms with E-state index < -0.39 is 0 Å². The molecule has 2 aromatic rings. The van der Waals surface area contributed by atoms with Gasteiger partial charge in [-0.1, -0.05) is 26.8 Å². The molecule has 2 aromatic carbocycles. The number of benzene rings is 2. The Labute approximate surface area is 176 Å². The zero-order chi connectivity index (χ0) is 21.2. The number of nitrogens with zero attached hydrogens (tertiary/aromatic N) is 1. The van der Waals surface area contributed by atoms with Crippen LogP contribution in [0, 0.1) is 6.92 Å². The van der Waals surface area contributed by atoms with Crippen LogP contribution in [-0.2, 0) is 11.8 Å². The lowest BCUT2D eigenvalue weighted by Gasteiger charge is -2.31. The summed E-state index contributed by atoms with van der Waals surface area (Å²) in [5, 5.41) is 3.74. The van der Waals surface area contributed by atoms with E-state index in [4.69, 9.17) is 9.47 Å². The van der Waals surface area contributed by atoms with E-state index in [1.54, 1.807) is 7.11 Å². The zero-order valence-corrected chi connectivity index (χ0v) is 19.1. The highest BCUT2D eigenvalue weighted by Gasteiger charge is 2.27. The van der Waals surface area contributed by atoms with Gasteiger partial charge in [-0.2, -0.15) is 0 Å². The molecule has 4 nitrogen and oxygen atoms in total. The Balaban J connectivity index is 1.94. The van der Waals surface area contributed by atoms with Gasteiger partial charge in [0.25, 0.3) is 0 Å². The Morgan fingerprint density at radius 1 is 1.10 bits per heavy atom. The van der Waals surface area contributed by atoms with E-state index in [1.165, 1.54) is 27.8 Å². The molecule has 0 aliphatic carbocycles.